The lowest BCUT2D eigenvalue weighted by Crippen LogP contribution is -2.17. The summed E-state index contributed by atoms with van der Waals surface area (Å²) in [6.45, 7) is 1.78. The standard InChI is InChI=1S/C23H30O4/c24-22-16-20(13-5-4-10-19-12-7-15-26-17-19)27-23(25)21(22)14-6-11-18-8-2-1-3-9-18/h1-3,8-9,16,19,24H,4-7,10-15,17H2. The Kier molecular flexibility index (Phi) is 7.52. The zero-order valence-electron chi connectivity index (χ0n) is 16.0. The molecule has 1 aliphatic rings. The van der Waals surface area contributed by atoms with Gasteiger partial charge in [-0.05, 0) is 56.4 Å². The first kappa shape index (κ1) is 19.7. The molecule has 0 aliphatic carbocycles. The maximum atomic E-state index is 12.2. The Balaban J connectivity index is 1.45. The number of aryl methyl sites for hydroxylation is 2. The van der Waals surface area contributed by atoms with E-state index in [1.165, 1.54) is 18.4 Å². The minimum atomic E-state index is -0.390. The molecule has 4 heteroatoms. The van der Waals surface area contributed by atoms with Gasteiger partial charge in [0.1, 0.15) is 11.5 Å². The van der Waals surface area contributed by atoms with Gasteiger partial charge in [-0.1, -0.05) is 36.8 Å². The topological polar surface area (TPSA) is 59.7 Å². The minimum Gasteiger partial charge on any atom is -0.507 e. The molecule has 1 atom stereocenters. The van der Waals surface area contributed by atoms with Crippen LogP contribution in [-0.4, -0.2) is 18.3 Å². The van der Waals surface area contributed by atoms with E-state index in [2.05, 4.69) is 12.1 Å². The summed E-state index contributed by atoms with van der Waals surface area (Å²) in [6.07, 6.45) is 8.56. The summed E-state index contributed by atoms with van der Waals surface area (Å²) in [6, 6.07) is 11.8. The van der Waals surface area contributed by atoms with Gasteiger partial charge in [-0.25, -0.2) is 4.79 Å². The summed E-state index contributed by atoms with van der Waals surface area (Å²) < 4.78 is 11.0. The van der Waals surface area contributed by atoms with Gasteiger partial charge in [0.15, 0.2) is 0 Å². The van der Waals surface area contributed by atoms with Crippen LogP contribution in [0.3, 0.4) is 0 Å². The van der Waals surface area contributed by atoms with Crippen molar-refractivity contribution >= 4 is 0 Å². The lowest BCUT2D eigenvalue weighted by atomic mass is 9.95. The predicted octanol–water partition coefficient (Wildman–Crippen LogP) is 4.66. The van der Waals surface area contributed by atoms with Gasteiger partial charge < -0.3 is 14.3 Å². The first-order chi connectivity index (χ1) is 13.2. The summed E-state index contributed by atoms with van der Waals surface area (Å²) in [5.74, 6) is 1.34. The van der Waals surface area contributed by atoms with Crippen LogP contribution < -0.4 is 5.63 Å². The van der Waals surface area contributed by atoms with E-state index in [4.69, 9.17) is 9.15 Å². The summed E-state index contributed by atoms with van der Waals surface area (Å²) in [5, 5.41) is 10.3. The van der Waals surface area contributed by atoms with Crippen LogP contribution in [0.1, 0.15) is 55.4 Å². The Bertz CT molecular complexity index is 745. The maximum absolute atomic E-state index is 12.2. The molecule has 3 rings (SSSR count). The van der Waals surface area contributed by atoms with Crippen LogP contribution in [0.15, 0.2) is 45.6 Å². The summed E-state index contributed by atoms with van der Waals surface area (Å²) in [4.78, 5) is 12.2. The zero-order chi connectivity index (χ0) is 18.9. The van der Waals surface area contributed by atoms with Crippen LogP contribution in [-0.2, 0) is 24.0 Å². The van der Waals surface area contributed by atoms with E-state index in [1.54, 1.807) is 6.07 Å². The van der Waals surface area contributed by atoms with Gasteiger partial charge in [0, 0.05) is 25.7 Å². The van der Waals surface area contributed by atoms with Crippen molar-refractivity contribution in [3.05, 3.63) is 63.7 Å². The number of hydrogen-bond donors (Lipinski definition) is 1. The monoisotopic (exact) mass is 370 g/mol. The Morgan fingerprint density at radius 1 is 1.04 bits per heavy atom. The Hall–Kier alpha value is -2.07. The molecule has 27 heavy (non-hydrogen) atoms. The molecule has 1 N–H and O–H groups in total. The second-order valence-corrected chi connectivity index (χ2v) is 7.53. The number of aromatic hydroxyl groups is 1. The van der Waals surface area contributed by atoms with E-state index in [9.17, 15) is 9.90 Å². The normalized spacial score (nSPS) is 17.1. The van der Waals surface area contributed by atoms with Gasteiger partial charge >= 0.3 is 5.63 Å². The SMILES string of the molecule is O=c1oc(CCCCC2CCCOC2)cc(O)c1CCCc1ccccc1. The highest BCUT2D eigenvalue weighted by atomic mass is 16.5. The molecule has 2 heterocycles. The van der Waals surface area contributed by atoms with E-state index in [-0.39, 0.29) is 5.75 Å². The summed E-state index contributed by atoms with van der Waals surface area (Å²) in [5.41, 5.74) is 1.24. The average molecular weight is 370 g/mol. The van der Waals surface area contributed by atoms with Crippen LogP contribution in [0, 0.1) is 5.92 Å². The van der Waals surface area contributed by atoms with Gasteiger partial charge in [0.25, 0.3) is 0 Å². The van der Waals surface area contributed by atoms with E-state index in [0.29, 0.717) is 30.1 Å². The molecule has 1 fully saturated rings. The second kappa shape index (κ2) is 10.3. The molecule has 4 nitrogen and oxygen atoms in total. The van der Waals surface area contributed by atoms with Crippen molar-refractivity contribution in [2.45, 2.75) is 57.8 Å². The first-order valence-corrected chi connectivity index (χ1v) is 10.2. The molecule has 2 aromatic rings. The third kappa shape index (κ3) is 6.24. The maximum Gasteiger partial charge on any atom is 0.342 e. The van der Waals surface area contributed by atoms with Crippen molar-refractivity contribution in [1.29, 1.82) is 0 Å². The molecule has 1 aliphatic heterocycles. The molecule has 1 aromatic carbocycles. The molecule has 0 bridgehead atoms. The Morgan fingerprint density at radius 3 is 2.63 bits per heavy atom. The lowest BCUT2D eigenvalue weighted by molar-refractivity contribution is 0.0507. The number of ether oxygens (including phenoxy) is 1. The van der Waals surface area contributed by atoms with Crippen molar-refractivity contribution in [3.63, 3.8) is 0 Å². The molecule has 146 valence electrons. The van der Waals surface area contributed by atoms with Gasteiger partial charge in [-0.2, -0.15) is 0 Å². The highest BCUT2D eigenvalue weighted by Crippen LogP contribution is 2.22. The minimum absolute atomic E-state index is 0.0787. The molecule has 0 spiro atoms. The van der Waals surface area contributed by atoms with E-state index < -0.39 is 5.63 Å². The van der Waals surface area contributed by atoms with Crippen molar-refractivity contribution < 1.29 is 14.3 Å². The third-order valence-corrected chi connectivity index (χ3v) is 5.35. The van der Waals surface area contributed by atoms with E-state index in [1.807, 2.05) is 18.2 Å². The van der Waals surface area contributed by atoms with Crippen LogP contribution in [0.25, 0.3) is 0 Å². The van der Waals surface area contributed by atoms with Crippen molar-refractivity contribution in [3.8, 4) is 5.75 Å². The van der Waals surface area contributed by atoms with Crippen molar-refractivity contribution in [2.75, 3.05) is 13.2 Å². The Labute approximate surface area is 161 Å². The van der Waals surface area contributed by atoms with Crippen LogP contribution in [0.4, 0.5) is 0 Å². The van der Waals surface area contributed by atoms with E-state index in [0.717, 1.165) is 45.3 Å². The van der Waals surface area contributed by atoms with Crippen LogP contribution in [0.2, 0.25) is 0 Å². The quantitative estimate of drug-likeness (QED) is 0.652. The van der Waals surface area contributed by atoms with Gasteiger partial charge in [0.05, 0.1) is 5.56 Å². The third-order valence-electron chi connectivity index (χ3n) is 5.35. The predicted molar refractivity (Wildman–Crippen MR) is 106 cm³/mol. The molecule has 1 aromatic heterocycles. The zero-order valence-corrected chi connectivity index (χ0v) is 16.0. The number of benzene rings is 1. The fourth-order valence-corrected chi connectivity index (χ4v) is 3.79. The molecule has 1 unspecified atom stereocenters. The lowest BCUT2D eigenvalue weighted by Gasteiger charge is -2.21. The fraction of sp³-hybridized carbons (Fsp3) is 0.522. The number of unbranched alkanes of at least 4 members (excludes halogenated alkanes) is 1. The molecule has 0 amide bonds. The smallest absolute Gasteiger partial charge is 0.342 e. The first-order valence-electron chi connectivity index (χ1n) is 10.2. The van der Waals surface area contributed by atoms with Crippen LogP contribution >= 0.6 is 0 Å². The average Bonchev–Trinajstić information content (AvgIpc) is 2.69. The molecule has 0 saturated carbocycles. The van der Waals surface area contributed by atoms with Gasteiger partial charge in [0.2, 0.25) is 0 Å². The molecule has 1 saturated heterocycles. The molecular formula is C23H30O4. The number of rotatable bonds is 9. The summed E-state index contributed by atoms with van der Waals surface area (Å²) >= 11 is 0. The molecule has 0 radical (unpaired) electrons. The Morgan fingerprint density at radius 2 is 1.89 bits per heavy atom. The highest BCUT2D eigenvalue weighted by molar-refractivity contribution is 5.30. The fourth-order valence-electron chi connectivity index (χ4n) is 3.79. The van der Waals surface area contributed by atoms with Gasteiger partial charge in [-0.15, -0.1) is 0 Å². The van der Waals surface area contributed by atoms with Crippen LogP contribution in [0.5, 0.6) is 5.75 Å². The number of hydrogen-bond acceptors (Lipinski definition) is 4. The summed E-state index contributed by atoms with van der Waals surface area (Å²) in [7, 11) is 0. The van der Waals surface area contributed by atoms with Crippen molar-refractivity contribution in [2.24, 2.45) is 5.92 Å². The second-order valence-electron chi connectivity index (χ2n) is 7.53. The van der Waals surface area contributed by atoms with Crippen molar-refractivity contribution in [1.82, 2.24) is 0 Å². The molecular weight excluding hydrogens is 340 g/mol. The highest BCUT2D eigenvalue weighted by Gasteiger charge is 2.14. The van der Waals surface area contributed by atoms with E-state index >= 15 is 0 Å². The van der Waals surface area contributed by atoms with Gasteiger partial charge in [-0.3, -0.25) is 0 Å². The largest absolute Gasteiger partial charge is 0.507 e.